The highest BCUT2D eigenvalue weighted by atomic mass is 15.1. The van der Waals surface area contributed by atoms with E-state index >= 15 is 0 Å². The molecule has 1 heterocycles. The monoisotopic (exact) mass is 181 g/mol. The molecule has 13 heavy (non-hydrogen) atoms. The maximum atomic E-state index is 4.00. The van der Waals surface area contributed by atoms with Crippen molar-refractivity contribution in [1.29, 1.82) is 0 Å². The van der Waals surface area contributed by atoms with Crippen molar-refractivity contribution in [2.45, 2.75) is 33.7 Å². The van der Waals surface area contributed by atoms with Gasteiger partial charge in [-0.25, -0.2) is 0 Å². The predicted octanol–water partition coefficient (Wildman–Crippen LogP) is 2.02. The molecule has 1 atom stereocenters. The Kier molecular flexibility index (Phi) is 3.48. The van der Waals surface area contributed by atoms with E-state index in [-0.39, 0.29) is 0 Å². The minimum Gasteiger partial charge on any atom is -0.310 e. The number of nitrogens with zero attached hydrogens (tertiary/aromatic N) is 1. The zero-order valence-corrected chi connectivity index (χ0v) is 8.89. The molecule has 0 amide bonds. The highest BCUT2D eigenvalue weighted by molar-refractivity contribution is 5.18. The zero-order valence-electron chi connectivity index (χ0n) is 8.89. The van der Waals surface area contributed by atoms with Gasteiger partial charge in [0.2, 0.25) is 0 Å². The summed E-state index contributed by atoms with van der Waals surface area (Å²) in [6.45, 7) is 9.69. The molecule has 3 heteroatoms. The third-order valence-electron chi connectivity index (χ3n) is 2.17. The van der Waals surface area contributed by atoms with E-state index in [1.807, 2.05) is 6.20 Å². The average Bonchev–Trinajstić information content (AvgIpc) is 2.47. The summed E-state index contributed by atoms with van der Waals surface area (Å²) >= 11 is 0. The summed E-state index contributed by atoms with van der Waals surface area (Å²) in [5.41, 5.74) is 2.42. The molecular formula is C10H19N3. The van der Waals surface area contributed by atoms with Crippen molar-refractivity contribution in [2.75, 3.05) is 6.54 Å². The summed E-state index contributed by atoms with van der Waals surface area (Å²) in [6.07, 6.45) is 1.90. The average molecular weight is 181 g/mol. The van der Waals surface area contributed by atoms with E-state index in [4.69, 9.17) is 0 Å². The van der Waals surface area contributed by atoms with Crippen molar-refractivity contribution >= 4 is 0 Å². The Balaban J connectivity index is 2.49. The van der Waals surface area contributed by atoms with Crippen LogP contribution >= 0.6 is 0 Å². The van der Waals surface area contributed by atoms with E-state index in [1.165, 1.54) is 5.56 Å². The van der Waals surface area contributed by atoms with Crippen LogP contribution in [0.4, 0.5) is 0 Å². The molecule has 0 spiro atoms. The first kappa shape index (κ1) is 10.3. The Morgan fingerprint density at radius 2 is 2.15 bits per heavy atom. The van der Waals surface area contributed by atoms with Crippen LogP contribution in [0.5, 0.6) is 0 Å². The van der Waals surface area contributed by atoms with Crippen molar-refractivity contribution in [1.82, 2.24) is 15.5 Å². The van der Waals surface area contributed by atoms with Gasteiger partial charge in [0.05, 0.1) is 6.20 Å². The molecule has 1 rings (SSSR count). The Morgan fingerprint density at radius 1 is 1.46 bits per heavy atom. The number of nitrogens with one attached hydrogen (secondary N) is 2. The van der Waals surface area contributed by atoms with E-state index in [1.54, 1.807) is 0 Å². The molecule has 0 aliphatic rings. The molecule has 1 aromatic rings. The number of aryl methyl sites for hydroxylation is 1. The lowest BCUT2D eigenvalue weighted by Crippen LogP contribution is -2.23. The predicted molar refractivity (Wildman–Crippen MR) is 54.6 cm³/mol. The molecule has 0 aliphatic carbocycles. The Hall–Kier alpha value is -0.830. The topological polar surface area (TPSA) is 40.7 Å². The number of rotatable bonds is 4. The second kappa shape index (κ2) is 4.42. The highest BCUT2D eigenvalue weighted by Gasteiger charge is 2.09. The van der Waals surface area contributed by atoms with Gasteiger partial charge in [0.15, 0.2) is 0 Å². The molecule has 2 N–H and O–H groups in total. The molecule has 74 valence electrons. The quantitative estimate of drug-likeness (QED) is 0.746. The first-order chi connectivity index (χ1) is 6.11. The standard InChI is InChI=1S/C10H19N3/c1-7(2)5-11-8(3)10-6-12-13-9(10)4/h6-8,11H,5H2,1-4H3,(H,12,13). The van der Waals surface area contributed by atoms with Crippen LogP contribution in [0.2, 0.25) is 0 Å². The van der Waals surface area contributed by atoms with Gasteiger partial charge >= 0.3 is 0 Å². The third kappa shape index (κ3) is 2.84. The summed E-state index contributed by atoms with van der Waals surface area (Å²) in [4.78, 5) is 0. The summed E-state index contributed by atoms with van der Waals surface area (Å²) in [6, 6.07) is 0.390. The van der Waals surface area contributed by atoms with Crippen molar-refractivity contribution in [3.8, 4) is 0 Å². The number of aromatic nitrogens is 2. The fraction of sp³-hybridized carbons (Fsp3) is 0.700. The van der Waals surface area contributed by atoms with Gasteiger partial charge in [-0.3, -0.25) is 5.10 Å². The Labute approximate surface area is 79.9 Å². The molecule has 3 nitrogen and oxygen atoms in total. The first-order valence-electron chi connectivity index (χ1n) is 4.84. The molecule has 0 radical (unpaired) electrons. The largest absolute Gasteiger partial charge is 0.310 e. The second-order valence-corrected chi connectivity index (χ2v) is 3.97. The molecular weight excluding hydrogens is 162 g/mol. The SMILES string of the molecule is Cc1[nH]ncc1C(C)NCC(C)C. The molecule has 0 aliphatic heterocycles. The van der Waals surface area contributed by atoms with Crippen LogP contribution in [0.15, 0.2) is 6.20 Å². The third-order valence-corrected chi connectivity index (χ3v) is 2.17. The van der Waals surface area contributed by atoms with Crippen LogP contribution in [0.3, 0.4) is 0 Å². The number of H-pyrrole nitrogens is 1. The normalized spacial score (nSPS) is 13.6. The van der Waals surface area contributed by atoms with Crippen molar-refractivity contribution in [3.05, 3.63) is 17.5 Å². The van der Waals surface area contributed by atoms with Crippen LogP contribution in [-0.2, 0) is 0 Å². The first-order valence-corrected chi connectivity index (χ1v) is 4.84. The number of aromatic amines is 1. The lowest BCUT2D eigenvalue weighted by atomic mass is 10.1. The van der Waals surface area contributed by atoms with Crippen LogP contribution in [-0.4, -0.2) is 16.7 Å². The lowest BCUT2D eigenvalue weighted by molar-refractivity contribution is 0.495. The van der Waals surface area contributed by atoms with E-state index in [9.17, 15) is 0 Å². The minimum absolute atomic E-state index is 0.390. The smallest absolute Gasteiger partial charge is 0.0537 e. The Bertz CT molecular complexity index is 252. The fourth-order valence-electron chi connectivity index (χ4n) is 1.32. The Morgan fingerprint density at radius 3 is 2.62 bits per heavy atom. The minimum atomic E-state index is 0.390. The van der Waals surface area contributed by atoms with Gasteiger partial charge < -0.3 is 5.32 Å². The molecule has 1 unspecified atom stereocenters. The summed E-state index contributed by atoms with van der Waals surface area (Å²) in [5, 5.41) is 10.4. The maximum Gasteiger partial charge on any atom is 0.0537 e. The van der Waals surface area contributed by atoms with Gasteiger partial charge in [0.25, 0.3) is 0 Å². The van der Waals surface area contributed by atoms with E-state index in [0.29, 0.717) is 12.0 Å². The molecule has 0 aromatic carbocycles. The summed E-state index contributed by atoms with van der Waals surface area (Å²) in [5.74, 6) is 0.689. The van der Waals surface area contributed by atoms with Gasteiger partial charge in [-0.05, 0) is 26.3 Å². The van der Waals surface area contributed by atoms with Gasteiger partial charge in [-0.1, -0.05) is 13.8 Å². The lowest BCUT2D eigenvalue weighted by Gasteiger charge is -2.14. The summed E-state index contributed by atoms with van der Waals surface area (Å²) in [7, 11) is 0. The van der Waals surface area contributed by atoms with Crippen LogP contribution in [0.25, 0.3) is 0 Å². The van der Waals surface area contributed by atoms with Gasteiger partial charge in [-0.2, -0.15) is 5.10 Å². The molecule has 1 aromatic heterocycles. The van der Waals surface area contributed by atoms with Crippen LogP contribution in [0, 0.1) is 12.8 Å². The number of hydrogen-bond acceptors (Lipinski definition) is 2. The van der Waals surface area contributed by atoms with Crippen LogP contribution in [0.1, 0.15) is 38.1 Å². The molecule has 0 bridgehead atoms. The highest BCUT2D eigenvalue weighted by Crippen LogP contribution is 2.14. The number of hydrogen-bond donors (Lipinski definition) is 2. The molecule has 0 saturated heterocycles. The second-order valence-electron chi connectivity index (χ2n) is 3.97. The molecule has 0 fully saturated rings. The maximum absolute atomic E-state index is 4.00. The van der Waals surface area contributed by atoms with Gasteiger partial charge in [0.1, 0.15) is 0 Å². The van der Waals surface area contributed by atoms with Crippen LogP contribution < -0.4 is 5.32 Å². The van der Waals surface area contributed by atoms with E-state index in [0.717, 1.165) is 12.2 Å². The van der Waals surface area contributed by atoms with E-state index < -0.39 is 0 Å². The van der Waals surface area contributed by atoms with E-state index in [2.05, 4.69) is 43.2 Å². The van der Waals surface area contributed by atoms with Crippen molar-refractivity contribution in [2.24, 2.45) is 5.92 Å². The molecule has 0 saturated carbocycles. The van der Waals surface area contributed by atoms with Crippen molar-refractivity contribution < 1.29 is 0 Å². The fourth-order valence-corrected chi connectivity index (χ4v) is 1.32. The zero-order chi connectivity index (χ0) is 9.84. The van der Waals surface area contributed by atoms with Gasteiger partial charge in [-0.15, -0.1) is 0 Å². The van der Waals surface area contributed by atoms with Crippen molar-refractivity contribution in [3.63, 3.8) is 0 Å². The van der Waals surface area contributed by atoms with Gasteiger partial charge in [0, 0.05) is 17.3 Å². The summed E-state index contributed by atoms with van der Waals surface area (Å²) < 4.78 is 0.